The quantitative estimate of drug-likeness (QED) is 0.833. The average molecular weight is 285 g/mol. The number of benzene rings is 1. The van der Waals surface area contributed by atoms with Crippen LogP contribution in [0.1, 0.15) is 36.5 Å². The summed E-state index contributed by atoms with van der Waals surface area (Å²) >= 11 is 0. The molecule has 1 saturated heterocycles. The van der Waals surface area contributed by atoms with Crippen molar-refractivity contribution in [2.24, 2.45) is 5.41 Å². The molecule has 1 aromatic carbocycles. The van der Waals surface area contributed by atoms with Gasteiger partial charge >= 0.3 is 0 Å². The van der Waals surface area contributed by atoms with E-state index in [2.05, 4.69) is 24.4 Å². The zero-order valence-electron chi connectivity index (χ0n) is 13.0. The van der Waals surface area contributed by atoms with Crippen molar-refractivity contribution in [1.29, 1.82) is 0 Å². The normalized spacial score (nSPS) is 36.7. The van der Waals surface area contributed by atoms with E-state index in [0.717, 1.165) is 37.1 Å². The Kier molecular flexibility index (Phi) is 2.54. The number of nitrogens with one attached hydrogen (secondary N) is 1. The summed E-state index contributed by atoms with van der Waals surface area (Å²) in [5, 5.41) is 14.5. The van der Waals surface area contributed by atoms with E-state index in [0.29, 0.717) is 11.8 Å². The Morgan fingerprint density at radius 1 is 1.38 bits per heavy atom. The summed E-state index contributed by atoms with van der Waals surface area (Å²) in [6, 6.07) is 4.64. The lowest BCUT2D eigenvalue weighted by atomic mass is 9.51. The predicted octanol–water partition coefficient (Wildman–Crippen LogP) is 2.80. The Hall–Kier alpha value is -1.48. The van der Waals surface area contributed by atoms with Crippen molar-refractivity contribution < 1.29 is 9.84 Å². The highest BCUT2D eigenvalue weighted by atomic mass is 16.5. The van der Waals surface area contributed by atoms with Gasteiger partial charge in [0.2, 0.25) is 0 Å². The van der Waals surface area contributed by atoms with Crippen molar-refractivity contribution in [3.8, 4) is 5.75 Å². The third kappa shape index (κ3) is 1.34. The molecule has 1 fully saturated rings. The summed E-state index contributed by atoms with van der Waals surface area (Å²) in [5.41, 5.74) is 3.36. The van der Waals surface area contributed by atoms with Crippen molar-refractivity contribution >= 4 is 0 Å². The van der Waals surface area contributed by atoms with E-state index < -0.39 is 0 Å². The first-order valence-corrected chi connectivity index (χ1v) is 7.84. The molecule has 1 aromatic rings. The fraction of sp³-hybridized carbons (Fsp3) is 0.556. The van der Waals surface area contributed by atoms with E-state index in [1.54, 1.807) is 7.11 Å². The smallest absolute Gasteiger partial charge is 0.122 e. The van der Waals surface area contributed by atoms with E-state index in [1.165, 1.54) is 11.1 Å². The Labute approximate surface area is 126 Å². The zero-order valence-corrected chi connectivity index (χ0v) is 13.0. The molecular formula is C18H23NO2. The van der Waals surface area contributed by atoms with Crippen LogP contribution in [-0.4, -0.2) is 24.8 Å². The number of phenolic OH excluding ortho intramolecular Hbond substituents is 1. The molecule has 1 aliphatic heterocycles. The monoisotopic (exact) mass is 285 g/mol. The summed E-state index contributed by atoms with van der Waals surface area (Å²) in [5.74, 6) is 1.59. The number of hydrogen-bond donors (Lipinski definition) is 2. The van der Waals surface area contributed by atoms with Crippen LogP contribution in [0.3, 0.4) is 0 Å². The summed E-state index contributed by atoms with van der Waals surface area (Å²) in [6.07, 6.45) is 5.29. The van der Waals surface area contributed by atoms with Crippen LogP contribution in [0.2, 0.25) is 0 Å². The minimum atomic E-state index is -0.0573. The van der Waals surface area contributed by atoms with Gasteiger partial charge in [0.15, 0.2) is 0 Å². The van der Waals surface area contributed by atoms with E-state index in [4.69, 9.17) is 4.74 Å². The third-order valence-corrected chi connectivity index (χ3v) is 6.34. The molecule has 1 heterocycles. The van der Waals surface area contributed by atoms with Gasteiger partial charge in [-0.25, -0.2) is 0 Å². The number of phenols is 1. The standard InChI is InChI=1S/C18H23NO2/c1-11-6-7-12-9-13-17(2)14(21-3)5-4-8-18(17,10-19-13)15(12)16(11)20/h5-7,13,19-20H,4,8-10H2,1-3H3. The number of hydrogen-bond acceptors (Lipinski definition) is 3. The van der Waals surface area contributed by atoms with Crippen LogP contribution < -0.4 is 5.32 Å². The summed E-state index contributed by atoms with van der Waals surface area (Å²) in [6.45, 7) is 5.24. The maximum absolute atomic E-state index is 10.8. The third-order valence-electron chi connectivity index (χ3n) is 6.34. The lowest BCUT2D eigenvalue weighted by molar-refractivity contribution is 0.0781. The highest BCUT2D eigenvalue weighted by Crippen LogP contribution is 2.63. The molecule has 3 atom stereocenters. The Morgan fingerprint density at radius 3 is 2.95 bits per heavy atom. The van der Waals surface area contributed by atoms with Crippen molar-refractivity contribution in [3.63, 3.8) is 0 Å². The fourth-order valence-electron chi connectivity index (χ4n) is 5.14. The second kappa shape index (κ2) is 4.04. The highest BCUT2D eigenvalue weighted by molar-refractivity contribution is 5.57. The van der Waals surface area contributed by atoms with Gasteiger partial charge in [0, 0.05) is 23.6 Å². The van der Waals surface area contributed by atoms with Gasteiger partial charge in [-0.15, -0.1) is 0 Å². The minimum Gasteiger partial charge on any atom is -0.507 e. The molecule has 3 aliphatic rings. The molecule has 0 saturated carbocycles. The number of rotatable bonds is 1. The molecular weight excluding hydrogens is 262 g/mol. The minimum absolute atomic E-state index is 0.0402. The number of methoxy groups -OCH3 is 1. The summed E-state index contributed by atoms with van der Waals surface area (Å²) in [4.78, 5) is 0. The van der Waals surface area contributed by atoms with Gasteiger partial charge in [-0.05, 0) is 43.4 Å². The van der Waals surface area contributed by atoms with E-state index in [1.807, 2.05) is 13.0 Å². The molecule has 3 heteroatoms. The van der Waals surface area contributed by atoms with Crippen LogP contribution in [0.5, 0.6) is 5.75 Å². The number of fused-ring (bicyclic) bond motifs is 1. The zero-order chi connectivity index (χ0) is 14.8. The maximum atomic E-state index is 10.8. The van der Waals surface area contributed by atoms with Crippen molar-refractivity contribution in [3.05, 3.63) is 40.7 Å². The van der Waals surface area contributed by atoms with Gasteiger partial charge in [-0.3, -0.25) is 0 Å². The number of allylic oxidation sites excluding steroid dienone is 1. The molecule has 0 aromatic heterocycles. The van der Waals surface area contributed by atoms with Crippen LogP contribution in [0.4, 0.5) is 0 Å². The summed E-state index contributed by atoms with van der Waals surface area (Å²) in [7, 11) is 1.78. The topological polar surface area (TPSA) is 41.5 Å². The Balaban J connectivity index is 2.03. The fourth-order valence-corrected chi connectivity index (χ4v) is 5.14. The van der Waals surface area contributed by atoms with Crippen LogP contribution in [0.25, 0.3) is 0 Å². The molecule has 112 valence electrons. The van der Waals surface area contributed by atoms with Gasteiger partial charge < -0.3 is 15.2 Å². The van der Waals surface area contributed by atoms with Gasteiger partial charge in [-0.2, -0.15) is 0 Å². The molecule has 3 nitrogen and oxygen atoms in total. The van der Waals surface area contributed by atoms with Crippen LogP contribution in [-0.2, 0) is 16.6 Å². The van der Waals surface area contributed by atoms with Crippen molar-refractivity contribution in [1.82, 2.24) is 5.32 Å². The molecule has 3 unspecified atom stereocenters. The van der Waals surface area contributed by atoms with Crippen LogP contribution in [0, 0.1) is 12.3 Å². The predicted molar refractivity (Wildman–Crippen MR) is 82.4 cm³/mol. The number of ether oxygens (including phenoxy) is 1. The number of aryl methyl sites for hydroxylation is 1. The van der Waals surface area contributed by atoms with E-state index >= 15 is 0 Å². The number of aromatic hydroxyl groups is 1. The summed E-state index contributed by atoms with van der Waals surface area (Å²) < 4.78 is 5.76. The second-order valence-corrected chi connectivity index (χ2v) is 7.00. The lowest BCUT2D eigenvalue weighted by Crippen LogP contribution is -2.53. The van der Waals surface area contributed by atoms with E-state index in [9.17, 15) is 5.11 Å². The first-order chi connectivity index (χ1) is 10.0. The molecule has 2 N–H and O–H groups in total. The van der Waals surface area contributed by atoms with Gasteiger partial charge in [0.05, 0.1) is 18.3 Å². The Bertz CT molecular complexity index is 651. The van der Waals surface area contributed by atoms with Gasteiger partial charge in [-0.1, -0.05) is 19.1 Å². The molecule has 21 heavy (non-hydrogen) atoms. The van der Waals surface area contributed by atoms with Crippen molar-refractivity contribution in [2.75, 3.05) is 13.7 Å². The molecule has 0 radical (unpaired) electrons. The highest BCUT2D eigenvalue weighted by Gasteiger charge is 2.65. The van der Waals surface area contributed by atoms with Gasteiger partial charge in [0.25, 0.3) is 0 Å². The van der Waals surface area contributed by atoms with Gasteiger partial charge in [0.1, 0.15) is 5.75 Å². The molecule has 2 aliphatic carbocycles. The first-order valence-electron chi connectivity index (χ1n) is 7.84. The average Bonchev–Trinajstić information content (AvgIpc) is 2.66. The lowest BCUT2D eigenvalue weighted by Gasteiger charge is -2.52. The van der Waals surface area contributed by atoms with Crippen LogP contribution >= 0.6 is 0 Å². The molecule has 0 amide bonds. The van der Waals surface area contributed by atoms with Crippen LogP contribution in [0.15, 0.2) is 24.0 Å². The SMILES string of the molecule is COC1=CCCC23CNC(Cc4ccc(C)c(O)c42)C13C. The largest absolute Gasteiger partial charge is 0.507 e. The molecule has 4 rings (SSSR count). The van der Waals surface area contributed by atoms with E-state index in [-0.39, 0.29) is 10.8 Å². The molecule has 0 spiro atoms. The maximum Gasteiger partial charge on any atom is 0.122 e. The second-order valence-electron chi connectivity index (χ2n) is 7.00. The van der Waals surface area contributed by atoms with Crippen molar-refractivity contribution in [2.45, 2.75) is 44.6 Å². The Morgan fingerprint density at radius 2 is 2.19 bits per heavy atom. The molecule has 2 bridgehead atoms. The first kappa shape index (κ1) is 13.2.